The molecule has 1 unspecified atom stereocenters. The van der Waals surface area contributed by atoms with Gasteiger partial charge in [0.25, 0.3) is 0 Å². The zero-order valence-corrected chi connectivity index (χ0v) is 15.1. The van der Waals surface area contributed by atoms with Gasteiger partial charge in [0.1, 0.15) is 5.75 Å². The quantitative estimate of drug-likeness (QED) is 0.508. The first-order valence-electron chi connectivity index (χ1n) is 8.22. The van der Waals surface area contributed by atoms with Crippen LogP contribution in [-0.2, 0) is 0 Å². The average molecular weight is 361 g/mol. The van der Waals surface area contributed by atoms with Crippen LogP contribution in [0.15, 0.2) is 53.0 Å². The van der Waals surface area contributed by atoms with Gasteiger partial charge >= 0.3 is 0 Å². The standard InChI is InChI=1S/C20H25BrO/c1-3-5-8-16(4-2)15-22-18-13-11-17(12-14-18)19-9-6-7-10-20(19)21/h6-7,9-14,16H,3-5,8,15H2,1-2H3. The number of rotatable bonds is 8. The van der Waals surface area contributed by atoms with E-state index in [-0.39, 0.29) is 0 Å². The summed E-state index contributed by atoms with van der Waals surface area (Å²) >= 11 is 3.60. The molecule has 22 heavy (non-hydrogen) atoms. The normalized spacial score (nSPS) is 12.1. The Morgan fingerprint density at radius 1 is 1.00 bits per heavy atom. The third kappa shape index (κ3) is 4.88. The Morgan fingerprint density at radius 2 is 1.73 bits per heavy atom. The molecule has 0 aromatic heterocycles. The van der Waals surface area contributed by atoms with Crippen LogP contribution in [0.3, 0.4) is 0 Å². The lowest BCUT2D eigenvalue weighted by molar-refractivity contribution is 0.233. The van der Waals surface area contributed by atoms with Crippen LogP contribution in [0.25, 0.3) is 11.1 Å². The summed E-state index contributed by atoms with van der Waals surface area (Å²) in [4.78, 5) is 0. The first kappa shape index (κ1) is 17.1. The van der Waals surface area contributed by atoms with Crippen LogP contribution in [0.5, 0.6) is 5.75 Å². The molecule has 0 aliphatic carbocycles. The summed E-state index contributed by atoms with van der Waals surface area (Å²) in [6.45, 7) is 5.32. The lowest BCUT2D eigenvalue weighted by atomic mass is 10.0. The monoisotopic (exact) mass is 360 g/mol. The van der Waals surface area contributed by atoms with E-state index in [1.165, 1.54) is 36.8 Å². The predicted octanol–water partition coefficient (Wildman–Crippen LogP) is 6.71. The fourth-order valence-corrected chi connectivity index (χ4v) is 3.05. The summed E-state index contributed by atoms with van der Waals surface area (Å²) in [6, 6.07) is 16.7. The van der Waals surface area contributed by atoms with Crippen molar-refractivity contribution in [2.75, 3.05) is 6.61 Å². The number of hydrogen-bond acceptors (Lipinski definition) is 1. The van der Waals surface area contributed by atoms with Crippen LogP contribution >= 0.6 is 15.9 Å². The molecule has 2 heteroatoms. The summed E-state index contributed by atoms with van der Waals surface area (Å²) in [7, 11) is 0. The van der Waals surface area contributed by atoms with E-state index in [4.69, 9.17) is 4.74 Å². The summed E-state index contributed by atoms with van der Waals surface area (Å²) in [6.07, 6.45) is 5.01. The highest BCUT2D eigenvalue weighted by atomic mass is 79.9. The van der Waals surface area contributed by atoms with Crippen molar-refractivity contribution >= 4 is 15.9 Å². The number of benzene rings is 2. The van der Waals surface area contributed by atoms with Crippen molar-refractivity contribution in [3.05, 3.63) is 53.0 Å². The summed E-state index contributed by atoms with van der Waals surface area (Å²) in [5, 5.41) is 0. The number of halogens is 1. The summed E-state index contributed by atoms with van der Waals surface area (Å²) in [5.74, 6) is 1.63. The van der Waals surface area contributed by atoms with Crippen LogP contribution in [-0.4, -0.2) is 6.61 Å². The van der Waals surface area contributed by atoms with Crippen molar-refractivity contribution in [2.24, 2.45) is 5.92 Å². The molecule has 0 radical (unpaired) electrons. The number of hydrogen-bond donors (Lipinski definition) is 0. The van der Waals surface area contributed by atoms with E-state index in [1.54, 1.807) is 0 Å². The second kappa shape index (κ2) is 8.99. The zero-order chi connectivity index (χ0) is 15.8. The highest BCUT2D eigenvalue weighted by molar-refractivity contribution is 9.10. The lowest BCUT2D eigenvalue weighted by Crippen LogP contribution is -2.11. The van der Waals surface area contributed by atoms with Gasteiger partial charge in [-0.3, -0.25) is 0 Å². The van der Waals surface area contributed by atoms with E-state index in [1.807, 2.05) is 6.07 Å². The van der Waals surface area contributed by atoms with Crippen molar-refractivity contribution < 1.29 is 4.74 Å². The van der Waals surface area contributed by atoms with Gasteiger partial charge < -0.3 is 4.74 Å². The van der Waals surface area contributed by atoms with Crippen molar-refractivity contribution in [2.45, 2.75) is 39.5 Å². The molecule has 0 bridgehead atoms. The first-order chi connectivity index (χ1) is 10.7. The Balaban J connectivity index is 1.96. The Labute approximate surface area is 142 Å². The van der Waals surface area contributed by atoms with Gasteiger partial charge in [0, 0.05) is 4.47 Å². The molecular formula is C20H25BrO. The molecule has 0 saturated heterocycles. The van der Waals surface area contributed by atoms with Crippen LogP contribution in [0, 0.1) is 5.92 Å². The van der Waals surface area contributed by atoms with Gasteiger partial charge in [0.05, 0.1) is 6.61 Å². The van der Waals surface area contributed by atoms with Gasteiger partial charge in [-0.1, -0.05) is 79.4 Å². The smallest absolute Gasteiger partial charge is 0.119 e. The van der Waals surface area contributed by atoms with Crippen molar-refractivity contribution in [3.63, 3.8) is 0 Å². The second-order valence-electron chi connectivity index (χ2n) is 5.73. The molecule has 2 aromatic carbocycles. The molecule has 0 heterocycles. The maximum atomic E-state index is 5.97. The SMILES string of the molecule is CCCCC(CC)COc1ccc(-c2ccccc2Br)cc1. The molecule has 0 saturated carbocycles. The second-order valence-corrected chi connectivity index (χ2v) is 6.59. The van der Waals surface area contributed by atoms with E-state index in [0.29, 0.717) is 5.92 Å². The van der Waals surface area contributed by atoms with Crippen molar-refractivity contribution in [1.29, 1.82) is 0 Å². The van der Waals surface area contributed by atoms with E-state index >= 15 is 0 Å². The molecule has 2 rings (SSSR count). The minimum absolute atomic E-state index is 0.669. The number of ether oxygens (including phenoxy) is 1. The minimum Gasteiger partial charge on any atom is -0.493 e. The van der Waals surface area contributed by atoms with Gasteiger partial charge in [0.2, 0.25) is 0 Å². The topological polar surface area (TPSA) is 9.23 Å². The molecule has 0 spiro atoms. The predicted molar refractivity (Wildman–Crippen MR) is 98.4 cm³/mol. The van der Waals surface area contributed by atoms with Crippen LogP contribution < -0.4 is 4.74 Å². The Hall–Kier alpha value is -1.28. The van der Waals surface area contributed by atoms with Crippen molar-refractivity contribution in [1.82, 2.24) is 0 Å². The molecule has 0 amide bonds. The van der Waals surface area contributed by atoms with Crippen LogP contribution in [0.2, 0.25) is 0 Å². The summed E-state index contributed by atoms with van der Waals surface area (Å²) in [5.41, 5.74) is 2.42. The van der Waals surface area contributed by atoms with E-state index in [9.17, 15) is 0 Å². The van der Waals surface area contributed by atoms with Crippen LogP contribution in [0.1, 0.15) is 39.5 Å². The molecule has 0 aliphatic rings. The molecule has 0 fully saturated rings. The lowest BCUT2D eigenvalue weighted by Gasteiger charge is -2.15. The average Bonchev–Trinajstić information content (AvgIpc) is 2.56. The third-order valence-corrected chi connectivity index (χ3v) is 4.76. The zero-order valence-electron chi connectivity index (χ0n) is 13.5. The maximum absolute atomic E-state index is 5.97. The Bertz CT molecular complexity index is 562. The minimum atomic E-state index is 0.669. The molecule has 2 aromatic rings. The highest BCUT2D eigenvalue weighted by Crippen LogP contribution is 2.29. The van der Waals surface area contributed by atoms with E-state index in [0.717, 1.165) is 16.8 Å². The van der Waals surface area contributed by atoms with Gasteiger partial charge in [-0.2, -0.15) is 0 Å². The molecule has 118 valence electrons. The fraction of sp³-hybridized carbons (Fsp3) is 0.400. The number of unbranched alkanes of at least 4 members (excludes halogenated alkanes) is 1. The van der Waals surface area contributed by atoms with Gasteiger partial charge in [-0.15, -0.1) is 0 Å². The largest absolute Gasteiger partial charge is 0.493 e. The molecule has 1 atom stereocenters. The van der Waals surface area contributed by atoms with E-state index in [2.05, 4.69) is 72.2 Å². The van der Waals surface area contributed by atoms with Crippen LogP contribution in [0.4, 0.5) is 0 Å². The van der Waals surface area contributed by atoms with Gasteiger partial charge in [0.15, 0.2) is 0 Å². The van der Waals surface area contributed by atoms with Gasteiger partial charge in [-0.25, -0.2) is 0 Å². The van der Waals surface area contributed by atoms with Gasteiger partial charge in [-0.05, 0) is 41.7 Å². The fourth-order valence-electron chi connectivity index (χ4n) is 2.54. The summed E-state index contributed by atoms with van der Waals surface area (Å²) < 4.78 is 7.09. The highest BCUT2D eigenvalue weighted by Gasteiger charge is 2.07. The molecule has 0 N–H and O–H groups in total. The van der Waals surface area contributed by atoms with Crippen molar-refractivity contribution in [3.8, 4) is 16.9 Å². The Kier molecular flexibility index (Phi) is 6.98. The first-order valence-corrected chi connectivity index (χ1v) is 9.01. The Morgan fingerprint density at radius 3 is 2.36 bits per heavy atom. The molecule has 0 aliphatic heterocycles. The molecule has 1 nitrogen and oxygen atoms in total. The third-order valence-electron chi connectivity index (χ3n) is 4.07. The maximum Gasteiger partial charge on any atom is 0.119 e. The van der Waals surface area contributed by atoms with E-state index < -0.39 is 0 Å². The molecular weight excluding hydrogens is 336 g/mol.